The van der Waals surface area contributed by atoms with Crippen LogP contribution in [-0.2, 0) is 0 Å². The van der Waals surface area contributed by atoms with Crippen LogP contribution in [0.5, 0.6) is 11.5 Å². The number of hydrogen-bond donors (Lipinski definition) is 2. The number of aliphatic hydroxyl groups is 2. The van der Waals surface area contributed by atoms with Gasteiger partial charge in [0.2, 0.25) is 0 Å². The van der Waals surface area contributed by atoms with E-state index in [-0.39, 0.29) is 50.3 Å². The summed E-state index contributed by atoms with van der Waals surface area (Å²) in [5.74, 6) is 1.60. The van der Waals surface area contributed by atoms with E-state index in [4.69, 9.17) is 19.7 Å². The molecule has 0 aromatic heterocycles. The summed E-state index contributed by atoms with van der Waals surface area (Å²) in [5.41, 5.74) is 0. The van der Waals surface area contributed by atoms with Crippen molar-refractivity contribution in [2.45, 2.75) is 98.9 Å². The lowest BCUT2D eigenvalue weighted by molar-refractivity contribution is 0.201. The molecule has 0 saturated carbocycles. The average Bonchev–Trinajstić information content (AvgIpc) is 2.82. The number of hydrogen-bond acceptors (Lipinski definition) is 4. The third-order valence-corrected chi connectivity index (χ3v) is 2.21. The van der Waals surface area contributed by atoms with Gasteiger partial charge in [-0.3, -0.25) is 0 Å². The zero-order chi connectivity index (χ0) is 23.2. The molecule has 0 saturated heterocycles. The Hall–Kier alpha value is -2.04. The molecule has 34 heavy (non-hydrogen) atoms. The van der Waals surface area contributed by atoms with Crippen molar-refractivity contribution in [1.29, 1.82) is 0 Å². The number of aliphatic hydroxyl groups excluding tert-OH is 2. The van der Waals surface area contributed by atoms with E-state index in [9.17, 15) is 0 Å². The van der Waals surface area contributed by atoms with Gasteiger partial charge in [-0.25, -0.2) is 0 Å². The largest absolute Gasteiger partial charge is 0.491 e. The third kappa shape index (κ3) is 52.1. The Morgan fingerprint density at radius 2 is 0.706 bits per heavy atom. The molecule has 2 aromatic carbocycles. The average molecular weight is 491 g/mol. The Morgan fingerprint density at radius 3 is 0.882 bits per heavy atom. The zero-order valence-corrected chi connectivity index (χ0v) is 20.0. The van der Waals surface area contributed by atoms with Crippen LogP contribution < -0.4 is 9.47 Å². The Kier molecular flexibility index (Phi) is 108. The molecule has 0 aliphatic heterocycles. The molecule has 0 heterocycles. The van der Waals surface area contributed by atoms with Gasteiger partial charge < -0.3 is 19.7 Å². The Bertz CT molecular complexity index is 404. The van der Waals surface area contributed by atoms with E-state index < -0.39 is 0 Å². The van der Waals surface area contributed by atoms with Gasteiger partial charge in [-0.1, -0.05) is 135 Å². The summed E-state index contributed by atoms with van der Waals surface area (Å²) in [6.07, 6.45) is 1.25. The highest BCUT2D eigenvalue weighted by Gasteiger charge is 1.87. The van der Waals surface area contributed by atoms with Gasteiger partial charge in [0.25, 0.3) is 0 Å². The SMILES string of the molecule is C.C.C.C.C.CC.CC.CC.CCC.OCCOc1ccccc1.OCCOc1ccccc1. The zero-order valence-electron chi connectivity index (χ0n) is 20.0. The second kappa shape index (κ2) is 63.3. The topological polar surface area (TPSA) is 58.9 Å². The van der Waals surface area contributed by atoms with Crippen molar-refractivity contribution in [3.63, 3.8) is 0 Å². The molecule has 4 nitrogen and oxygen atoms in total. The normalized spacial score (nSPS) is 6.53. The smallest absolute Gasteiger partial charge is 0.119 e. The maximum atomic E-state index is 8.40. The maximum absolute atomic E-state index is 8.40. The first-order valence-corrected chi connectivity index (χ1v) is 10.9. The highest BCUT2D eigenvalue weighted by molar-refractivity contribution is 5.21. The molecule has 0 radical (unpaired) electrons. The minimum absolute atomic E-state index is 0. The first-order chi connectivity index (χ1) is 14.3. The van der Waals surface area contributed by atoms with Gasteiger partial charge in [-0.2, -0.15) is 0 Å². The Labute approximate surface area is 217 Å². The quantitative estimate of drug-likeness (QED) is 0.423. The van der Waals surface area contributed by atoms with Crippen LogP contribution in [-0.4, -0.2) is 36.6 Å². The Balaban J connectivity index is -0.0000000354. The van der Waals surface area contributed by atoms with Crippen molar-refractivity contribution < 1.29 is 19.7 Å². The van der Waals surface area contributed by atoms with Gasteiger partial charge in [0.15, 0.2) is 0 Å². The number of benzene rings is 2. The lowest BCUT2D eigenvalue weighted by atomic mass is 10.3. The van der Waals surface area contributed by atoms with Gasteiger partial charge in [0, 0.05) is 0 Å². The van der Waals surface area contributed by atoms with Crippen molar-refractivity contribution >= 4 is 0 Å². The van der Waals surface area contributed by atoms with Gasteiger partial charge in [0.05, 0.1) is 13.2 Å². The van der Waals surface area contributed by atoms with E-state index in [1.165, 1.54) is 6.42 Å². The van der Waals surface area contributed by atoms with E-state index in [1.807, 2.05) is 102 Å². The molecule has 4 heteroatoms. The molecule has 2 N–H and O–H groups in total. The fourth-order valence-corrected chi connectivity index (χ4v) is 1.36. The fraction of sp³-hybridized carbons (Fsp3) is 0.600. The van der Waals surface area contributed by atoms with Gasteiger partial charge in [-0.05, 0) is 24.3 Å². The maximum Gasteiger partial charge on any atom is 0.119 e. The second-order valence-electron chi connectivity index (χ2n) is 4.48. The number of rotatable bonds is 6. The predicted octanol–water partition coefficient (Wildman–Crippen LogP) is 9.79. The highest BCUT2D eigenvalue weighted by Crippen LogP contribution is 2.07. The minimum atomic E-state index is 0. The molecule has 0 amide bonds. The number of para-hydroxylation sites is 2. The third-order valence-electron chi connectivity index (χ3n) is 2.21. The van der Waals surface area contributed by atoms with Crippen LogP contribution in [0.2, 0.25) is 0 Å². The van der Waals surface area contributed by atoms with Crippen LogP contribution in [0.3, 0.4) is 0 Å². The van der Waals surface area contributed by atoms with Crippen molar-refractivity contribution in [3.05, 3.63) is 60.7 Å². The van der Waals surface area contributed by atoms with Gasteiger partial charge >= 0.3 is 0 Å². The van der Waals surface area contributed by atoms with E-state index in [0.717, 1.165) is 11.5 Å². The lowest BCUT2D eigenvalue weighted by Crippen LogP contribution is -2.00. The molecule has 0 aliphatic rings. The monoisotopic (exact) mass is 490 g/mol. The molecule has 0 fully saturated rings. The van der Waals surface area contributed by atoms with Crippen LogP contribution in [0.4, 0.5) is 0 Å². The first kappa shape index (κ1) is 58.1. The summed E-state index contributed by atoms with van der Waals surface area (Å²) in [5, 5.41) is 16.8. The summed E-state index contributed by atoms with van der Waals surface area (Å²) < 4.78 is 10.2. The Morgan fingerprint density at radius 1 is 0.500 bits per heavy atom. The van der Waals surface area contributed by atoms with Crippen molar-refractivity contribution in [3.8, 4) is 11.5 Å². The summed E-state index contributed by atoms with van der Waals surface area (Å²) in [4.78, 5) is 0. The summed E-state index contributed by atoms with van der Waals surface area (Å²) in [7, 11) is 0. The molecule has 210 valence electrons. The summed E-state index contributed by atoms with van der Waals surface area (Å²) >= 11 is 0. The summed E-state index contributed by atoms with van der Waals surface area (Å²) in [6, 6.07) is 18.9. The van der Waals surface area contributed by atoms with Crippen LogP contribution >= 0.6 is 0 Å². The summed E-state index contributed by atoms with van der Waals surface area (Å²) in [6.45, 7) is 17.1. The first-order valence-electron chi connectivity index (χ1n) is 10.9. The van der Waals surface area contributed by atoms with Crippen LogP contribution in [0.15, 0.2) is 60.7 Å². The molecule has 0 bridgehead atoms. The van der Waals surface area contributed by atoms with E-state index in [2.05, 4.69) is 13.8 Å². The van der Waals surface area contributed by atoms with Gasteiger partial charge in [0.1, 0.15) is 24.7 Å². The fourth-order valence-electron chi connectivity index (χ4n) is 1.36. The second-order valence-corrected chi connectivity index (χ2v) is 4.48. The van der Waals surface area contributed by atoms with E-state index >= 15 is 0 Å². The van der Waals surface area contributed by atoms with Crippen molar-refractivity contribution in [1.82, 2.24) is 0 Å². The van der Waals surface area contributed by atoms with E-state index in [1.54, 1.807) is 0 Å². The van der Waals surface area contributed by atoms with E-state index in [0.29, 0.717) is 13.2 Å². The van der Waals surface area contributed by atoms with Crippen LogP contribution in [0.1, 0.15) is 98.9 Å². The van der Waals surface area contributed by atoms with Crippen molar-refractivity contribution in [2.75, 3.05) is 26.4 Å². The van der Waals surface area contributed by atoms with Crippen molar-refractivity contribution in [2.24, 2.45) is 0 Å². The van der Waals surface area contributed by atoms with Crippen LogP contribution in [0, 0.1) is 0 Å². The minimum Gasteiger partial charge on any atom is -0.491 e. The lowest BCUT2D eigenvalue weighted by Gasteiger charge is -2.01. The molecular formula is C30H66O4. The molecule has 2 aromatic rings. The highest BCUT2D eigenvalue weighted by atomic mass is 16.5. The predicted molar refractivity (Wildman–Crippen MR) is 162 cm³/mol. The molecule has 2 rings (SSSR count). The molecule has 0 spiro atoms. The molecular weight excluding hydrogens is 424 g/mol. The molecule has 0 unspecified atom stereocenters. The molecule has 0 aliphatic carbocycles. The molecule has 0 atom stereocenters. The standard InChI is InChI=1S/2C8H10O2.C3H8.3C2H6.5CH4/c2*9-6-7-10-8-4-2-1-3-5-8;1-3-2;3*1-2;;;;;/h2*1-5,9H,6-7H2;3H2,1-2H3;3*1-2H3;5*1H4. The van der Waals surface area contributed by atoms with Gasteiger partial charge in [-0.15, -0.1) is 0 Å². The van der Waals surface area contributed by atoms with Crippen LogP contribution in [0.25, 0.3) is 0 Å². The number of ether oxygens (including phenoxy) is 2.